The largest absolute Gasteiger partial charge is 0.466 e. The first-order valence-electron chi connectivity index (χ1n) is 7.55. The highest BCUT2D eigenvalue weighted by Crippen LogP contribution is 2.31. The van der Waals surface area contributed by atoms with Gasteiger partial charge in [-0.2, -0.15) is 0 Å². The third-order valence-corrected chi connectivity index (χ3v) is 4.14. The lowest BCUT2D eigenvalue weighted by atomic mass is 10.0. The van der Waals surface area contributed by atoms with E-state index in [0.29, 0.717) is 5.76 Å². The van der Waals surface area contributed by atoms with Gasteiger partial charge in [-0.3, -0.25) is 0 Å². The second-order valence-corrected chi connectivity index (χ2v) is 6.01. The van der Waals surface area contributed by atoms with E-state index in [1.54, 1.807) is 25.1 Å². The Balaban J connectivity index is 1.58. The number of nitrogens with one attached hydrogen (secondary N) is 2. The van der Waals surface area contributed by atoms with Gasteiger partial charge in [-0.05, 0) is 55.2 Å². The number of rotatable bonds is 4. The van der Waals surface area contributed by atoms with Crippen LogP contribution in [-0.2, 0) is 12.0 Å². The summed E-state index contributed by atoms with van der Waals surface area (Å²) in [4.78, 5) is 12.1. The fourth-order valence-corrected chi connectivity index (χ4v) is 2.86. The fourth-order valence-electron chi connectivity index (χ4n) is 2.86. The van der Waals surface area contributed by atoms with Crippen LogP contribution in [-0.4, -0.2) is 17.7 Å². The van der Waals surface area contributed by atoms with E-state index < -0.39 is 11.6 Å². The molecular formula is C17H19FN2O3. The predicted octanol–water partition coefficient (Wildman–Crippen LogP) is 2.61. The monoisotopic (exact) mass is 318 g/mol. The maximum atomic E-state index is 13.4. The van der Waals surface area contributed by atoms with Crippen molar-refractivity contribution in [1.29, 1.82) is 0 Å². The molecule has 0 saturated carbocycles. The third kappa shape index (κ3) is 3.37. The highest BCUT2D eigenvalue weighted by molar-refractivity contribution is 5.74. The summed E-state index contributed by atoms with van der Waals surface area (Å²) >= 11 is 0. The Morgan fingerprint density at radius 2 is 2.30 bits per heavy atom. The minimum atomic E-state index is -1.29. The zero-order valence-corrected chi connectivity index (χ0v) is 12.8. The molecule has 3 N–H and O–H groups in total. The number of halogens is 1. The zero-order valence-electron chi connectivity index (χ0n) is 12.8. The van der Waals surface area contributed by atoms with Gasteiger partial charge in [-0.25, -0.2) is 9.18 Å². The molecule has 0 saturated heterocycles. The topological polar surface area (TPSA) is 74.5 Å². The van der Waals surface area contributed by atoms with Gasteiger partial charge < -0.3 is 20.2 Å². The molecule has 1 aromatic carbocycles. The van der Waals surface area contributed by atoms with Crippen LogP contribution in [0.2, 0.25) is 0 Å². The summed E-state index contributed by atoms with van der Waals surface area (Å²) in [5.74, 6) is 0.0738. The van der Waals surface area contributed by atoms with Crippen LogP contribution in [0.4, 0.5) is 9.18 Å². The Hall–Kier alpha value is -2.34. The number of benzene rings is 1. The molecule has 1 aliphatic carbocycles. The van der Waals surface area contributed by atoms with Crippen LogP contribution in [0.15, 0.2) is 41.0 Å². The third-order valence-electron chi connectivity index (χ3n) is 4.14. The molecule has 1 heterocycles. The van der Waals surface area contributed by atoms with Gasteiger partial charge in [-0.15, -0.1) is 0 Å². The van der Waals surface area contributed by atoms with E-state index in [2.05, 4.69) is 10.6 Å². The molecule has 23 heavy (non-hydrogen) atoms. The number of hydrogen-bond donors (Lipinski definition) is 3. The first-order valence-corrected chi connectivity index (χ1v) is 7.55. The first-order chi connectivity index (χ1) is 11.0. The Kier molecular flexibility index (Phi) is 4.09. The molecule has 2 atom stereocenters. The number of amides is 2. The van der Waals surface area contributed by atoms with Gasteiger partial charge in [0.15, 0.2) is 0 Å². The van der Waals surface area contributed by atoms with Gasteiger partial charge in [-0.1, -0.05) is 6.07 Å². The summed E-state index contributed by atoms with van der Waals surface area (Å²) in [6.07, 6.45) is 3.01. The normalized spacial score (nSPS) is 19.0. The van der Waals surface area contributed by atoms with Crippen LogP contribution in [0.5, 0.6) is 0 Å². The molecule has 2 amide bonds. The van der Waals surface area contributed by atoms with E-state index in [0.717, 1.165) is 24.0 Å². The lowest BCUT2D eigenvalue weighted by molar-refractivity contribution is 0.0366. The van der Waals surface area contributed by atoms with E-state index in [9.17, 15) is 14.3 Å². The quantitative estimate of drug-likeness (QED) is 0.811. The van der Waals surface area contributed by atoms with Crippen molar-refractivity contribution >= 4 is 6.03 Å². The van der Waals surface area contributed by atoms with Crippen molar-refractivity contribution in [2.24, 2.45) is 0 Å². The van der Waals surface area contributed by atoms with Crippen LogP contribution >= 0.6 is 0 Å². The minimum absolute atomic E-state index is 0.00900. The molecule has 0 radical (unpaired) electrons. The second kappa shape index (κ2) is 6.04. The standard InChI is InChI=1S/C17H19FN2O3/c1-17(22,15-3-2-8-23-15)10-19-16(21)20-14-7-5-11-4-6-12(18)9-13(11)14/h2-4,6,8-9,14,22H,5,7,10H2,1H3,(H2,19,20,21)/t14-,17+/m0/s1. The first kappa shape index (κ1) is 15.6. The van der Waals surface area contributed by atoms with Crippen molar-refractivity contribution in [2.45, 2.75) is 31.4 Å². The summed E-state index contributed by atoms with van der Waals surface area (Å²) in [6.45, 7) is 1.57. The molecular weight excluding hydrogens is 299 g/mol. The number of fused-ring (bicyclic) bond motifs is 1. The van der Waals surface area contributed by atoms with Gasteiger partial charge in [0, 0.05) is 0 Å². The molecule has 5 nitrogen and oxygen atoms in total. The molecule has 122 valence electrons. The van der Waals surface area contributed by atoms with Crippen molar-refractivity contribution in [1.82, 2.24) is 10.6 Å². The van der Waals surface area contributed by atoms with E-state index in [1.807, 2.05) is 0 Å². The van der Waals surface area contributed by atoms with Gasteiger partial charge in [0.1, 0.15) is 17.2 Å². The summed E-state index contributed by atoms with van der Waals surface area (Å²) < 4.78 is 18.5. The highest BCUT2D eigenvalue weighted by Gasteiger charge is 2.28. The molecule has 0 fully saturated rings. The second-order valence-electron chi connectivity index (χ2n) is 6.01. The summed E-state index contributed by atoms with van der Waals surface area (Å²) in [5, 5.41) is 15.7. The van der Waals surface area contributed by atoms with Gasteiger partial charge in [0.25, 0.3) is 0 Å². The molecule has 1 aromatic heterocycles. The SMILES string of the molecule is C[C@@](O)(CNC(=O)N[C@H]1CCc2ccc(F)cc21)c1ccco1. The van der Waals surface area contributed by atoms with Crippen LogP contribution in [0.25, 0.3) is 0 Å². The van der Waals surface area contributed by atoms with E-state index >= 15 is 0 Å². The Labute approximate surface area is 133 Å². The maximum Gasteiger partial charge on any atom is 0.315 e. The minimum Gasteiger partial charge on any atom is -0.466 e. The van der Waals surface area contributed by atoms with Crippen molar-refractivity contribution in [2.75, 3.05) is 6.54 Å². The predicted molar refractivity (Wildman–Crippen MR) is 82.3 cm³/mol. The van der Waals surface area contributed by atoms with Crippen molar-refractivity contribution in [3.63, 3.8) is 0 Å². The van der Waals surface area contributed by atoms with Crippen LogP contribution in [0, 0.1) is 5.82 Å². The van der Waals surface area contributed by atoms with E-state index in [4.69, 9.17) is 4.42 Å². The molecule has 0 spiro atoms. The molecule has 6 heteroatoms. The van der Waals surface area contributed by atoms with Crippen LogP contribution in [0.1, 0.15) is 36.3 Å². The number of carbonyl (C=O) groups excluding carboxylic acids is 1. The smallest absolute Gasteiger partial charge is 0.315 e. The number of hydrogen-bond acceptors (Lipinski definition) is 3. The van der Waals surface area contributed by atoms with Gasteiger partial charge in [0.2, 0.25) is 0 Å². The highest BCUT2D eigenvalue weighted by atomic mass is 19.1. The Bertz CT molecular complexity index is 698. The summed E-state index contributed by atoms with van der Waals surface area (Å²) in [5.41, 5.74) is 0.581. The molecule has 3 rings (SSSR count). The van der Waals surface area contributed by atoms with E-state index in [1.165, 1.54) is 18.4 Å². The number of urea groups is 1. The van der Waals surface area contributed by atoms with Crippen molar-refractivity contribution in [3.05, 3.63) is 59.3 Å². The molecule has 0 unspecified atom stereocenters. The fraction of sp³-hybridized carbons (Fsp3) is 0.353. The average molecular weight is 318 g/mol. The summed E-state index contributed by atoms with van der Waals surface area (Å²) in [7, 11) is 0. The van der Waals surface area contributed by atoms with Gasteiger partial charge in [0.05, 0.1) is 18.8 Å². The number of aliphatic hydroxyl groups is 1. The zero-order chi connectivity index (χ0) is 16.4. The van der Waals surface area contributed by atoms with Crippen LogP contribution < -0.4 is 10.6 Å². The lowest BCUT2D eigenvalue weighted by Crippen LogP contribution is -2.44. The Morgan fingerprint density at radius 3 is 3.04 bits per heavy atom. The van der Waals surface area contributed by atoms with Gasteiger partial charge >= 0.3 is 6.03 Å². The lowest BCUT2D eigenvalue weighted by Gasteiger charge is -2.22. The molecule has 2 aromatic rings. The maximum absolute atomic E-state index is 13.4. The van der Waals surface area contributed by atoms with Crippen molar-refractivity contribution < 1.29 is 18.7 Å². The average Bonchev–Trinajstić information content (AvgIpc) is 3.16. The van der Waals surface area contributed by atoms with E-state index in [-0.39, 0.29) is 18.4 Å². The number of aryl methyl sites for hydroxylation is 1. The Morgan fingerprint density at radius 1 is 1.48 bits per heavy atom. The van der Waals surface area contributed by atoms with Crippen LogP contribution in [0.3, 0.4) is 0 Å². The molecule has 0 bridgehead atoms. The molecule has 1 aliphatic rings. The summed E-state index contributed by atoms with van der Waals surface area (Å²) in [6, 6.07) is 7.36. The molecule has 0 aliphatic heterocycles. The van der Waals surface area contributed by atoms with Crippen molar-refractivity contribution in [3.8, 4) is 0 Å². The number of furan rings is 1. The number of carbonyl (C=O) groups is 1.